The van der Waals surface area contributed by atoms with E-state index in [4.69, 9.17) is 5.73 Å². The summed E-state index contributed by atoms with van der Waals surface area (Å²) in [7, 11) is 0. The highest BCUT2D eigenvalue weighted by molar-refractivity contribution is 5.87. The predicted octanol–water partition coefficient (Wildman–Crippen LogP) is 0.355. The SMILES string of the molecule is NC(CC1CCCCC1)C(O)C(=O)NNC(=O)C(F)(F)F. The van der Waals surface area contributed by atoms with Crippen molar-refractivity contribution in [3.05, 3.63) is 0 Å². The van der Waals surface area contributed by atoms with Crippen molar-refractivity contribution < 1.29 is 27.9 Å². The summed E-state index contributed by atoms with van der Waals surface area (Å²) in [5.41, 5.74) is 8.40. The van der Waals surface area contributed by atoms with Crippen LogP contribution in [0.3, 0.4) is 0 Å². The molecule has 0 saturated heterocycles. The first kappa shape index (κ1) is 17.7. The van der Waals surface area contributed by atoms with Crippen LogP contribution in [0.4, 0.5) is 13.2 Å². The highest BCUT2D eigenvalue weighted by Crippen LogP contribution is 2.27. The molecule has 1 aliphatic rings. The molecule has 0 bridgehead atoms. The molecule has 2 amide bonds. The van der Waals surface area contributed by atoms with Crippen LogP contribution in [-0.4, -0.2) is 35.2 Å². The van der Waals surface area contributed by atoms with Crippen molar-refractivity contribution >= 4 is 11.8 Å². The van der Waals surface area contributed by atoms with Gasteiger partial charge in [-0.25, -0.2) is 0 Å². The van der Waals surface area contributed by atoms with E-state index in [9.17, 15) is 27.9 Å². The first-order valence-corrected chi connectivity index (χ1v) is 6.82. The number of carbonyl (C=O) groups is 2. The summed E-state index contributed by atoms with van der Waals surface area (Å²) in [6.45, 7) is 0. The molecule has 9 heteroatoms. The Hall–Kier alpha value is -1.35. The minimum absolute atomic E-state index is 0.306. The Kier molecular flexibility index (Phi) is 6.41. The molecule has 0 spiro atoms. The Bertz CT molecular complexity index is 370. The van der Waals surface area contributed by atoms with E-state index in [1.54, 1.807) is 0 Å². The maximum atomic E-state index is 11.9. The summed E-state index contributed by atoms with van der Waals surface area (Å²) in [6, 6.07) is -0.879. The van der Waals surface area contributed by atoms with Gasteiger partial charge in [-0.3, -0.25) is 20.4 Å². The molecular formula is C12H20F3N3O3. The zero-order valence-corrected chi connectivity index (χ0v) is 11.4. The van der Waals surface area contributed by atoms with Gasteiger partial charge < -0.3 is 10.8 Å². The van der Waals surface area contributed by atoms with Crippen LogP contribution < -0.4 is 16.6 Å². The molecule has 6 nitrogen and oxygen atoms in total. The highest BCUT2D eigenvalue weighted by atomic mass is 19.4. The number of hydrogen-bond acceptors (Lipinski definition) is 4. The second kappa shape index (κ2) is 7.60. The predicted molar refractivity (Wildman–Crippen MR) is 67.5 cm³/mol. The maximum Gasteiger partial charge on any atom is 0.472 e. The quantitative estimate of drug-likeness (QED) is 0.562. The second-order valence-electron chi connectivity index (χ2n) is 5.29. The third-order valence-electron chi connectivity index (χ3n) is 3.56. The number of amides is 2. The third-order valence-corrected chi connectivity index (χ3v) is 3.56. The van der Waals surface area contributed by atoms with Gasteiger partial charge in [-0.05, 0) is 12.3 Å². The molecule has 0 aliphatic heterocycles. The standard InChI is InChI=1S/C12H20F3N3O3/c13-12(14,15)11(21)18-17-10(20)9(19)8(16)6-7-4-2-1-3-5-7/h7-9,19H,1-6,16H2,(H,17,20)(H,18,21). The van der Waals surface area contributed by atoms with Crippen LogP contribution in [-0.2, 0) is 9.59 Å². The second-order valence-corrected chi connectivity index (χ2v) is 5.29. The molecule has 0 aromatic heterocycles. The fourth-order valence-electron chi connectivity index (χ4n) is 2.39. The van der Waals surface area contributed by atoms with Gasteiger partial charge in [-0.1, -0.05) is 32.1 Å². The molecule has 0 aromatic rings. The van der Waals surface area contributed by atoms with Gasteiger partial charge in [0.1, 0.15) is 6.10 Å². The number of hydrogen-bond donors (Lipinski definition) is 4. The van der Waals surface area contributed by atoms with Gasteiger partial charge in [-0.2, -0.15) is 13.2 Å². The largest absolute Gasteiger partial charge is 0.472 e. The molecule has 0 radical (unpaired) electrons. The van der Waals surface area contributed by atoms with Crippen LogP contribution >= 0.6 is 0 Å². The number of aliphatic hydroxyl groups is 1. The van der Waals surface area contributed by atoms with E-state index in [0.29, 0.717) is 12.3 Å². The Labute approximate surface area is 120 Å². The molecule has 21 heavy (non-hydrogen) atoms. The monoisotopic (exact) mass is 311 g/mol. The van der Waals surface area contributed by atoms with Crippen LogP contribution in [0.5, 0.6) is 0 Å². The molecule has 2 unspecified atom stereocenters. The van der Waals surface area contributed by atoms with Crippen molar-refractivity contribution in [2.45, 2.75) is 56.8 Å². The van der Waals surface area contributed by atoms with Crippen LogP contribution in [0.2, 0.25) is 0 Å². The number of hydrazine groups is 1. The zero-order chi connectivity index (χ0) is 16.0. The van der Waals surface area contributed by atoms with Gasteiger partial charge in [0.25, 0.3) is 5.91 Å². The summed E-state index contributed by atoms with van der Waals surface area (Å²) in [5, 5.41) is 9.66. The van der Waals surface area contributed by atoms with E-state index in [1.807, 2.05) is 0 Å². The average molecular weight is 311 g/mol. The summed E-state index contributed by atoms with van der Waals surface area (Å²) in [6.07, 6.45) is -1.13. The lowest BCUT2D eigenvalue weighted by atomic mass is 9.84. The fraction of sp³-hybridized carbons (Fsp3) is 0.833. The van der Waals surface area contributed by atoms with Crippen molar-refractivity contribution in [3.8, 4) is 0 Å². The van der Waals surface area contributed by atoms with Crippen LogP contribution in [0.15, 0.2) is 0 Å². The Morgan fingerprint density at radius 2 is 1.76 bits per heavy atom. The van der Waals surface area contributed by atoms with Gasteiger partial charge >= 0.3 is 12.1 Å². The van der Waals surface area contributed by atoms with Crippen molar-refractivity contribution in [2.24, 2.45) is 11.7 Å². The molecule has 0 heterocycles. The Morgan fingerprint density at radius 3 is 2.29 bits per heavy atom. The summed E-state index contributed by atoms with van der Waals surface area (Å²) < 4.78 is 35.8. The number of aliphatic hydroxyl groups excluding tert-OH is 1. The minimum atomic E-state index is -5.11. The van der Waals surface area contributed by atoms with Crippen LogP contribution in [0.1, 0.15) is 38.5 Å². The third kappa shape index (κ3) is 5.88. The van der Waals surface area contributed by atoms with Crippen LogP contribution in [0.25, 0.3) is 0 Å². The van der Waals surface area contributed by atoms with E-state index in [-0.39, 0.29) is 0 Å². The maximum absolute atomic E-state index is 11.9. The van der Waals surface area contributed by atoms with Crippen molar-refractivity contribution in [1.82, 2.24) is 10.9 Å². The number of carbonyl (C=O) groups excluding carboxylic acids is 2. The average Bonchev–Trinajstić information content (AvgIpc) is 2.43. The number of alkyl halides is 3. The van der Waals surface area contributed by atoms with Crippen molar-refractivity contribution in [2.75, 3.05) is 0 Å². The Morgan fingerprint density at radius 1 is 1.19 bits per heavy atom. The summed E-state index contributed by atoms with van der Waals surface area (Å²) in [5.74, 6) is -3.17. The zero-order valence-electron chi connectivity index (χ0n) is 11.4. The fourth-order valence-corrected chi connectivity index (χ4v) is 2.39. The number of nitrogens with two attached hydrogens (primary N) is 1. The smallest absolute Gasteiger partial charge is 0.382 e. The van der Waals surface area contributed by atoms with Gasteiger partial charge in [0.05, 0.1) is 0 Å². The van der Waals surface area contributed by atoms with Gasteiger partial charge in [-0.15, -0.1) is 0 Å². The number of rotatable bonds is 4. The molecule has 1 fully saturated rings. The van der Waals surface area contributed by atoms with Crippen molar-refractivity contribution in [1.29, 1.82) is 0 Å². The molecule has 0 aromatic carbocycles. The van der Waals surface area contributed by atoms with E-state index in [0.717, 1.165) is 32.1 Å². The Balaban J connectivity index is 2.36. The summed E-state index contributed by atoms with van der Waals surface area (Å²) >= 11 is 0. The molecule has 1 rings (SSSR count). The van der Waals surface area contributed by atoms with Gasteiger partial charge in [0.2, 0.25) is 0 Å². The van der Waals surface area contributed by atoms with Crippen LogP contribution in [0, 0.1) is 5.92 Å². The van der Waals surface area contributed by atoms with E-state index < -0.39 is 30.1 Å². The molecule has 122 valence electrons. The molecule has 1 saturated carbocycles. The van der Waals surface area contributed by atoms with E-state index in [2.05, 4.69) is 0 Å². The summed E-state index contributed by atoms with van der Waals surface area (Å²) in [4.78, 5) is 21.9. The minimum Gasteiger partial charge on any atom is -0.382 e. The molecular weight excluding hydrogens is 291 g/mol. The topological polar surface area (TPSA) is 104 Å². The number of halogens is 3. The molecule has 1 aliphatic carbocycles. The molecule has 2 atom stereocenters. The lowest BCUT2D eigenvalue weighted by Gasteiger charge is -2.26. The number of nitrogens with one attached hydrogen (secondary N) is 2. The highest BCUT2D eigenvalue weighted by Gasteiger charge is 2.39. The van der Waals surface area contributed by atoms with Gasteiger partial charge in [0, 0.05) is 6.04 Å². The first-order chi connectivity index (χ1) is 9.71. The van der Waals surface area contributed by atoms with E-state index in [1.165, 1.54) is 10.9 Å². The van der Waals surface area contributed by atoms with E-state index >= 15 is 0 Å². The normalized spacial score (nSPS) is 19.7. The first-order valence-electron chi connectivity index (χ1n) is 6.82. The molecule has 5 N–H and O–H groups in total. The van der Waals surface area contributed by atoms with Crippen molar-refractivity contribution in [3.63, 3.8) is 0 Å². The lowest BCUT2D eigenvalue weighted by molar-refractivity contribution is -0.175. The van der Waals surface area contributed by atoms with Gasteiger partial charge in [0.15, 0.2) is 0 Å². The lowest BCUT2D eigenvalue weighted by Crippen LogP contribution is -2.54.